The predicted octanol–water partition coefficient (Wildman–Crippen LogP) is 2.51. The van der Waals surface area contributed by atoms with Crippen LogP contribution >= 0.6 is 0 Å². The SMILES string of the molecule is Cc1ccnc2c1nc(N)n2C1CC2CCCC(C1)N2C. The Bertz CT molecular complexity index is 663. The summed E-state index contributed by atoms with van der Waals surface area (Å²) in [4.78, 5) is 11.7. The second-order valence-electron chi connectivity index (χ2n) is 6.67. The van der Waals surface area contributed by atoms with Crippen molar-refractivity contribution >= 4 is 17.1 Å². The van der Waals surface area contributed by atoms with Gasteiger partial charge in [0, 0.05) is 24.3 Å². The first kappa shape index (κ1) is 13.1. The highest BCUT2D eigenvalue weighted by Crippen LogP contribution is 2.40. The number of nitrogens with two attached hydrogens (primary N) is 1. The van der Waals surface area contributed by atoms with E-state index in [9.17, 15) is 0 Å². The van der Waals surface area contributed by atoms with Crippen molar-refractivity contribution in [1.29, 1.82) is 0 Å². The molecule has 0 spiro atoms. The summed E-state index contributed by atoms with van der Waals surface area (Å²) in [6, 6.07) is 3.81. The topological polar surface area (TPSA) is 60.0 Å². The molecule has 2 aliphatic heterocycles. The van der Waals surface area contributed by atoms with Crippen molar-refractivity contribution in [2.24, 2.45) is 0 Å². The number of anilines is 1. The van der Waals surface area contributed by atoms with E-state index in [0.717, 1.165) is 29.6 Å². The van der Waals surface area contributed by atoms with Crippen LogP contribution in [0.25, 0.3) is 11.2 Å². The molecule has 0 amide bonds. The highest BCUT2D eigenvalue weighted by Gasteiger charge is 2.37. The van der Waals surface area contributed by atoms with Crippen molar-refractivity contribution in [1.82, 2.24) is 19.4 Å². The molecule has 5 heteroatoms. The van der Waals surface area contributed by atoms with Crippen molar-refractivity contribution in [3.63, 3.8) is 0 Å². The van der Waals surface area contributed by atoms with Crippen LogP contribution in [0.5, 0.6) is 0 Å². The predicted molar refractivity (Wildman–Crippen MR) is 84.1 cm³/mol. The summed E-state index contributed by atoms with van der Waals surface area (Å²) in [6.07, 6.45) is 8.18. The molecule has 2 aromatic rings. The molecule has 2 bridgehead atoms. The number of fused-ring (bicyclic) bond motifs is 3. The first-order valence-electron chi connectivity index (χ1n) is 7.96. The molecule has 2 aliphatic rings. The minimum Gasteiger partial charge on any atom is -0.369 e. The number of piperidine rings is 2. The Labute approximate surface area is 125 Å². The third kappa shape index (κ3) is 1.94. The standard InChI is InChI=1S/C16H23N5/c1-10-6-7-18-15-14(10)19-16(17)21(15)13-8-11-4-3-5-12(9-13)20(11)2/h6-7,11-13H,3-5,8-9H2,1-2H3,(H2,17,19). The highest BCUT2D eigenvalue weighted by atomic mass is 15.2. The zero-order valence-electron chi connectivity index (χ0n) is 12.8. The fraction of sp³-hybridized carbons (Fsp3) is 0.625. The molecule has 5 nitrogen and oxygen atoms in total. The van der Waals surface area contributed by atoms with E-state index in [1.54, 1.807) is 0 Å². The minimum absolute atomic E-state index is 0.441. The van der Waals surface area contributed by atoms with Crippen LogP contribution < -0.4 is 5.73 Å². The number of pyridine rings is 1. The van der Waals surface area contributed by atoms with E-state index < -0.39 is 0 Å². The molecule has 0 aromatic carbocycles. The Kier molecular flexibility index (Phi) is 2.92. The van der Waals surface area contributed by atoms with Crippen molar-refractivity contribution in [2.75, 3.05) is 12.8 Å². The maximum Gasteiger partial charge on any atom is 0.202 e. The Morgan fingerprint density at radius 1 is 1.19 bits per heavy atom. The van der Waals surface area contributed by atoms with E-state index >= 15 is 0 Å². The van der Waals surface area contributed by atoms with E-state index in [4.69, 9.17) is 5.73 Å². The largest absolute Gasteiger partial charge is 0.369 e. The summed E-state index contributed by atoms with van der Waals surface area (Å²) < 4.78 is 2.20. The highest BCUT2D eigenvalue weighted by molar-refractivity contribution is 5.77. The molecule has 2 saturated heterocycles. The number of aryl methyl sites for hydroxylation is 1. The minimum atomic E-state index is 0.441. The van der Waals surface area contributed by atoms with Crippen LogP contribution in [-0.2, 0) is 0 Å². The maximum absolute atomic E-state index is 6.24. The van der Waals surface area contributed by atoms with E-state index in [1.165, 1.54) is 19.3 Å². The quantitative estimate of drug-likeness (QED) is 0.874. The molecule has 2 fully saturated rings. The van der Waals surface area contributed by atoms with Gasteiger partial charge >= 0.3 is 0 Å². The summed E-state index contributed by atoms with van der Waals surface area (Å²) in [7, 11) is 2.28. The van der Waals surface area contributed by atoms with E-state index in [0.29, 0.717) is 24.1 Å². The average Bonchev–Trinajstić information content (AvgIpc) is 2.77. The lowest BCUT2D eigenvalue weighted by molar-refractivity contribution is 0.0414. The molecule has 2 unspecified atom stereocenters. The molecule has 0 saturated carbocycles. The number of nitrogen functional groups attached to an aromatic ring is 1. The van der Waals surface area contributed by atoms with Crippen molar-refractivity contribution < 1.29 is 0 Å². The summed E-state index contributed by atoms with van der Waals surface area (Å²) in [5.74, 6) is 0.624. The lowest BCUT2D eigenvalue weighted by atomic mass is 9.82. The lowest BCUT2D eigenvalue weighted by Crippen LogP contribution is -2.50. The molecule has 21 heavy (non-hydrogen) atoms. The number of hydrogen-bond donors (Lipinski definition) is 1. The summed E-state index contributed by atoms with van der Waals surface area (Å²) in [5, 5.41) is 0. The lowest BCUT2D eigenvalue weighted by Gasteiger charge is -2.47. The van der Waals surface area contributed by atoms with Gasteiger partial charge in [-0.3, -0.25) is 4.57 Å². The second-order valence-corrected chi connectivity index (χ2v) is 6.67. The van der Waals surface area contributed by atoms with Crippen LogP contribution in [0.1, 0.15) is 43.7 Å². The van der Waals surface area contributed by atoms with Gasteiger partial charge in [0.15, 0.2) is 5.65 Å². The smallest absolute Gasteiger partial charge is 0.202 e. The fourth-order valence-corrected chi connectivity index (χ4v) is 4.29. The number of nitrogens with zero attached hydrogens (tertiary/aromatic N) is 4. The third-order valence-corrected chi connectivity index (χ3v) is 5.49. The van der Waals surface area contributed by atoms with Crippen LogP contribution in [0.2, 0.25) is 0 Å². The van der Waals surface area contributed by atoms with Gasteiger partial charge in [0.1, 0.15) is 5.52 Å². The molecule has 4 rings (SSSR count). The van der Waals surface area contributed by atoms with Crippen LogP contribution in [0.4, 0.5) is 5.95 Å². The van der Waals surface area contributed by atoms with Crippen LogP contribution in [0.15, 0.2) is 12.3 Å². The van der Waals surface area contributed by atoms with Gasteiger partial charge in [0.05, 0.1) is 0 Å². The maximum atomic E-state index is 6.24. The van der Waals surface area contributed by atoms with Gasteiger partial charge in [0.25, 0.3) is 0 Å². The molecule has 112 valence electrons. The fourth-order valence-electron chi connectivity index (χ4n) is 4.29. The Morgan fingerprint density at radius 3 is 2.62 bits per heavy atom. The first-order valence-corrected chi connectivity index (χ1v) is 7.96. The van der Waals surface area contributed by atoms with Crippen molar-refractivity contribution in [3.05, 3.63) is 17.8 Å². The molecular weight excluding hydrogens is 262 g/mol. The zero-order chi connectivity index (χ0) is 14.6. The summed E-state index contributed by atoms with van der Waals surface area (Å²) in [5.41, 5.74) is 9.30. The number of imidazole rings is 1. The van der Waals surface area contributed by atoms with Crippen LogP contribution in [-0.4, -0.2) is 38.6 Å². The summed E-state index contributed by atoms with van der Waals surface area (Å²) >= 11 is 0. The zero-order valence-corrected chi connectivity index (χ0v) is 12.8. The van der Waals surface area contributed by atoms with Gasteiger partial charge in [0.2, 0.25) is 5.95 Å². The van der Waals surface area contributed by atoms with Gasteiger partial charge < -0.3 is 10.6 Å². The molecule has 0 radical (unpaired) electrons. The van der Waals surface area contributed by atoms with Gasteiger partial charge in [-0.15, -0.1) is 0 Å². The third-order valence-electron chi connectivity index (χ3n) is 5.49. The van der Waals surface area contributed by atoms with Crippen LogP contribution in [0, 0.1) is 6.92 Å². The van der Waals surface area contributed by atoms with Gasteiger partial charge in [-0.25, -0.2) is 9.97 Å². The molecule has 2 N–H and O–H groups in total. The van der Waals surface area contributed by atoms with Crippen LogP contribution in [0.3, 0.4) is 0 Å². The van der Waals surface area contributed by atoms with Crippen molar-refractivity contribution in [3.8, 4) is 0 Å². The van der Waals surface area contributed by atoms with Crippen molar-refractivity contribution in [2.45, 2.75) is 57.2 Å². The van der Waals surface area contributed by atoms with Gasteiger partial charge in [-0.05, 0) is 51.3 Å². The van der Waals surface area contributed by atoms with E-state index in [2.05, 4.69) is 33.4 Å². The number of aromatic nitrogens is 3. The molecule has 4 heterocycles. The molecule has 2 aromatic heterocycles. The molecule has 2 atom stereocenters. The second kappa shape index (κ2) is 4.70. The Balaban J connectivity index is 1.77. The van der Waals surface area contributed by atoms with E-state index in [-0.39, 0.29) is 0 Å². The monoisotopic (exact) mass is 285 g/mol. The molecular formula is C16H23N5. The van der Waals surface area contributed by atoms with Gasteiger partial charge in [-0.2, -0.15) is 0 Å². The number of rotatable bonds is 1. The number of hydrogen-bond acceptors (Lipinski definition) is 4. The van der Waals surface area contributed by atoms with E-state index in [1.807, 2.05) is 12.3 Å². The first-order chi connectivity index (χ1) is 10.1. The Morgan fingerprint density at radius 2 is 1.90 bits per heavy atom. The van der Waals surface area contributed by atoms with Gasteiger partial charge in [-0.1, -0.05) is 6.42 Å². The average molecular weight is 285 g/mol. The summed E-state index contributed by atoms with van der Waals surface area (Å²) in [6.45, 7) is 2.07. The Hall–Kier alpha value is -1.62. The molecule has 0 aliphatic carbocycles. The normalized spacial score (nSPS) is 29.9.